The Bertz CT molecular complexity index is 868. The molecule has 2 aromatic rings. The SMILES string of the molecule is CCCCCCOP(=O)(OCCOc1ccccc1C(C)CC)OCCOc1ccccc1C(C)CC. The Kier molecular flexibility index (Phi) is 14.9. The monoisotopic (exact) mass is 534 g/mol. The molecule has 7 heteroatoms. The normalized spacial score (nSPS) is 14.6. The summed E-state index contributed by atoms with van der Waals surface area (Å²) >= 11 is 0. The van der Waals surface area contributed by atoms with Crippen LogP contribution in [-0.4, -0.2) is 33.0 Å². The van der Waals surface area contributed by atoms with Crippen molar-refractivity contribution in [3.05, 3.63) is 59.7 Å². The molecule has 0 radical (unpaired) electrons. The van der Waals surface area contributed by atoms with Crippen molar-refractivity contribution in [3.8, 4) is 11.5 Å². The van der Waals surface area contributed by atoms with Crippen molar-refractivity contribution >= 4 is 7.82 Å². The molecule has 0 spiro atoms. The lowest BCUT2D eigenvalue weighted by Gasteiger charge is -2.20. The molecule has 2 aromatic carbocycles. The Hall–Kier alpha value is -1.85. The van der Waals surface area contributed by atoms with Gasteiger partial charge in [0, 0.05) is 0 Å². The molecule has 0 bridgehead atoms. The van der Waals surface area contributed by atoms with Gasteiger partial charge in [-0.3, -0.25) is 13.6 Å². The highest BCUT2D eigenvalue weighted by Crippen LogP contribution is 2.49. The number of phosphoric ester groups is 1. The van der Waals surface area contributed by atoms with E-state index < -0.39 is 7.82 Å². The van der Waals surface area contributed by atoms with E-state index in [4.69, 9.17) is 23.0 Å². The van der Waals surface area contributed by atoms with Crippen LogP contribution in [0.3, 0.4) is 0 Å². The maximum atomic E-state index is 13.3. The van der Waals surface area contributed by atoms with E-state index in [0.29, 0.717) is 18.4 Å². The van der Waals surface area contributed by atoms with Crippen LogP contribution in [-0.2, 0) is 18.1 Å². The van der Waals surface area contributed by atoms with Gasteiger partial charge in [-0.05, 0) is 54.4 Å². The Morgan fingerprint density at radius 2 is 1.08 bits per heavy atom. The second-order valence-corrected chi connectivity index (χ2v) is 11.1. The minimum Gasteiger partial charge on any atom is -0.491 e. The quantitative estimate of drug-likeness (QED) is 0.125. The number of hydrogen-bond donors (Lipinski definition) is 0. The number of rotatable bonds is 20. The number of benzene rings is 2. The third-order valence-electron chi connectivity index (χ3n) is 6.55. The van der Waals surface area contributed by atoms with Crippen molar-refractivity contribution in [2.45, 2.75) is 85.0 Å². The summed E-state index contributed by atoms with van der Waals surface area (Å²) in [6.45, 7) is 11.8. The van der Waals surface area contributed by atoms with Gasteiger partial charge in [-0.2, -0.15) is 0 Å². The van der Waals surface area contributed by atoms with Gasteiger partial charge in [-0.15, -0.1) is 0 Å². The molecule has 37 heavy (non-hydrogen) atoms. The number of hydrogen-bond acceptors (Lipinski definition) is 6. The molecule has 0 aliphatic heterocycles. The maximum Gasteiger partial charge on any atom is 0.475 e. The van der Waals surface area contributed by atoms with Crippen LogP contribution in [0.25, 0.3) is 0 Å². The van der Waals surface area contributed by atoms with E-state index in [0.717, 1.165) is 61.2 Å². The van der Waals surface area contributed by atoms with Crippen LogP contribution < -0.4 is 9.47 Å². The van der Waals surface area contributed by atoms with Crippen molar-refractivity contribution in [2.24, 2.45) is 0 Å². The van der Waals surface area contributed by atoms with Gasteiger partial charge in [0.15, 0.2) is 0 Å². The van der Waals surface area contributed by atoms with Gasteiger partial charge in [-0.25, -0.2) is 4.57 Å². The molecule has 0 aromatic heterocycles. The summed E-state index contributed by atoms with van der Waals surface area (Å²) in [5, 5.41) is 0. The van der Waals surface area contributed by atoms with E-state index >= 15 is 0 Å². The van der Waals surface area contributed by atoms with Gasteiger partial charge >= 0.3 is 7.82 Å². The zero-order chi connectivity index (χ0) is 26.9. The molecule has 2 unspecified atom stereocenters. The van der Waals surface area contributed by atoms with E-state index in [-0.39, 0.29) is 26.4 Å². The lowest BCUT2D eigenvalue weighted by atomic mass is 9.98. The molecule has 0 saturated heterocycles. The van der Waals surface area contributed by atoms with Gasteiger partial charge in [0.05, 0.1) is 19.8 Å². The molecular formula is C30H47O6P. The summed E-state index contributed by atoms with van der Waals surface area (Å²) in [6, 6.07) is 16.0. The van der Waals surface area contributed by atoms with Crippen LogP contribution >= 0.6 is 7.82 Å². The fourth-order valence-electron chi connectivity index (χ4n) is 3.90. The highest BCUT2D eigenvalue weighted by Gasteiger charge is 2.27. The van der Waals surface area contributed by atoms with E-state index in [1.54, 1.807) is 0 Å². The first-order valence-electron chi connectivity index (χ1n) is 13.9. The fraction of sp³-hybridized carbons (Fsp3) is 0.600. The molecule has 2 rings (SSSR count). The van der Waals surface area contributed by atoms with Gasteiger partial charge in [0.1, 0.15) is 24.7 Å². The zero-order valence-corrected chi connectivity index (χ0v) is 24.3. The lowest BCUT2D eigenvalue weighted by molar-refractivity contribution is 0.0880. The van der Waals surface area contributed by atoms with E-state index in [9.17, 15) is 4.57 Å². The van der Waals surface area contributed by atoms with Crippen molar-refractivity contribution in [3.63, 3.8) is 0 Å². The Morgan fingerprint density at radius 3 is 1.54 bits per heavy atom. The summed E-state index contributed by atoms with van der Waals surface area (Å²) in [5.74, 6) is 2.43. The van der Waals surface area contributed by atoms with Crippen LogP contribution in [0.15, 0.2) is 48.5 Å². The average molecular weight is 535 g/mol. The zero-order valence-electron chi connectivity index (χ0n) is 23.4. The van der Waals surface area contributed by atoms with Gasteiger partial charge < -0.3 is 9.47 Å². The third-order valence-corrected chi connectivity index (χ3v) is 8.05. The van der Waals surface area contributed by atoms with E-state index in [1.807, 2.05) is 36.4 Å². The molecule has 0 fully saturated rings. The van der Waals surface area contributed by atoms with Crippen LogP contribution in [0.5, 0.6) is 11.5 Å². The molecule has 0 heterocycles. The second-order valence-electron chi connectivity index (χ2n) is 9.40. The first-order chi connectivity index (χ1) is 17.9. The minimum absolute atomic E-state index is 0.0960. The molecule has 0 saturated carbocycles. The topological polar surface area (TPSA) is 63.2 Å². The fourth-order valence-corrected chi connectivity index (χ4v) is 5.07. The predicted octanol–water partition coefficient (Wildman–Crippen LogP) is 8.91. The maximum absolute atomic E-state index is 13.3. The Balaban J connectivity index is 1.90. The molecule has 2 atom stereocenters. The standard InChI is InChI=1S/C30H47O6P/c1-6-9-10-15-20-34-37(31,35-23-21-32-29-18-13-11-16-27(29)25(4)7-2)36-24-22-33-30-19-14-12-17-28(30)26(5)8-3/h11-14,16-19,25-26H,6-10,15,20-24H2,1-5H3. The summed E-state index contributed by atoms with van der Waals surface area (Å²) in [5.41, 5.74) is 2.32. The summed E-state index contributed by atoms with van der Waals surface area (Å²) in [6.07, 6.45) is 6.10. The molecule has 0 amide bonds. The van der Waals surface area contributed by atoms with Crippen molar-refractivity contribution in [2.75, 3.05) is 33.0 Å². The highest BCUT2D eigenvalue weighted by molar-refractivity contribution is 7.48. The van der Waals surface area contributed by atoms with E-state index in [1.165, 1.54) is 0 Å². The molecule has 0 aliphatic rings. The molecule has 6 nitrogen and oxygen atoms in total. The Labute approximate surface area is 224 Å². The molecule has 0 aliphatic carbocycles. The number of unbranched alkanes of at least 4 members (excludes halogenated alkanes) is 3. The predicted molar refractivity (Wildman–Crippen MR) is 151 cm³/mol. The smallest absolute Gasteiger partial charge is 0.475 e. The van der Waals surface area contributed by atoms with Crippen LogP contribution in [0.4, 0.5) is 0 Å². The molecule has 0 N–H and O–H groups in total. The second kappa shape index (κ2) is 17.6. The summed E-state index contributed by atoms with van der Waals surface area (Å²) in [7, 11) is -3.74. The van der Waals surface area contributed by atoms with Gasteiger partial charge in [0.2, 0.25) is 0 Å². The summed E-state index contributed by atoms with van der Waals surface area (Å²) < 4.78 is 42.2. The van der Waals surface area contributed by atoms with Crippen molar-refractivity contribution < 1.29 is 27.6 Å². The largest absolute Gasteiger partial charge is 0.491 e. The van der Waals surface area contributed by atoms with Crippen molar-refractivity contribution in [1.29, 1.82) is 0 Å². The average Bonchev–Trinajstić information content (AvgIpc) is 2.93. The number of ether oxygens (including phenoxy) is 2. The number of phosphoric acid groups is 1. The van der Waals surface area contributed by atoms with Crippen molar-refractivity contribution in [1.82, 2.24) is 0 Å². The number of para-hydroxylation sites is 2. The highest BCUT2D eigenvalue weighted by atomic mass is 31.2. The summed E-state index contributed by atoms with van der Waals surface area (Å²) in [4.78, 5) is 0. The van der Waals surface area contributed by atoms with Gasteiger partial charge in [-0.1, -0.05) is 90.3 Å². The van der Waals surface area contributed by atoms with Crippen LogP contribution in [0.2, 0.25) is 0 Å². The first kappa shape index (κ1) is 31.4. The first-order valence-corrected chi connectivity index (χ1v) is 15.4. The molecule has 208 valence electrons. The van der Waals surface area contributed by atoms with E-state index in [2.05, 4.69) is 46.8 Å². The lowest BCUT2D eigenvalue weighted by Crippen LogP contribution is -2.13. The minimum atomic E-state index is -3.74. The third kappa shape index (κ3) is 11.2. The Morgan fingerprint density at radius 1 is 0.622 bits per heavy atom. The van der Waals surface area contributed by atoms with Gasteiger partial charge in [0.25, 0.3) is 0 Å². The van der Waals surface area contributed by atoms with Crippen LogP contribution in [0, 0.1) is 0 Å². The molecular weight excluding hydrogens is 487 g/mol. The van der Waals surface area contributed by atoms with Crippen LogP contribution in [0.1, 0.15) is 96.1 Å².